The molecule has 2 atom stereocenters. The fourth-order valence-electron chi connectivity index (χ4n) is 3.54. The number of amides is 1. The van der Waals surface area contributed by atoms with Gasteiger partial charge in [-0.05, 0) is 43.4 Å². The molecule has 0 saturated carbocycles. The molecule has 2 aliphatic heterocycles. The Labute approximate surface area is 138 Å². The van der Waals surface area contributed by atoms with Crippen molar-refractivity contribution >= 4 is 5.91 Å². The van der Waals surface area contributed by atoms with Crippen molar-refractivity contribution in [3.63, 3.8) is 0 Å². The summed E-state index contributed by atoms with van der Waals surface area (Å²) in [4.78, 5) is 14.1. The molecule has 7 heteroatoms. The molecule has 1 aromatic carbocycles. The van der Waals surface area contributed by atoms with Gasteiger partial charge in [-0.3, -0.25) is 4.79 Å². The second-order valence-electron chi connectivity index (χ2n) is 6.51. The molecule has 3 rings (SSSR count). The summed E-state index contributed by atoms with van der Waals surface area (Å²) in [6.45, 7) is 1.63. The molecule has 4 nitrogen and oxygen atoms in total. The molecule has 24 heavy (non-hydrogen) atoms. The maximum atomic E-state index is 12.8. The molecule has 0 bridgehead atoms. The number of aliphatic hydroxyl groups is 1. The quantitative estimate of drug-likeness (QED) is 0.866. The van der Waals surface area contributed by atoms with Gasteiger partial charge in [0.2, 0.25) is 5.91 Å². The van der Waals surface area contributed by atoms with E-state index in [4.69, 9.17) is 0 Å². The molecule has 1 amide bonds. The SMILES string of the molecule is O=C([C@H]1NCC[C@H]1O)N1CCC(c2cccc(C(F)(F)F)c2)CC1. The normalized spacial score (nSPS) is 25.9. The van der Waals surface area contributed by atoms with E-state index in [2.05, 4.69) is 5.32 Å². The van der Waals surface area contributed by atoms with Gasteiger partial charge in [0.15, 0.2) is 0 Å². The highest BCUT2D eigenvalue weighted by atomic mass is 19.4. The van der Waals surface area contributed by atoms with Crippen LogP contribution in [0, 0.1) is 0 Å². The molecule has 0 aromatic heterocycles. The maximum Gasteiger partial charge on any atom is 0.416 e. The van der Waals surface area contributed by atoms with Crippen LogP contribution in [0.3, 0.4) is 0 Å². The smallest absolute Gasteiger partial charge is 0.391 e. The Balaban J connectivity index is 1.62. The van der Waals surface area contributed by atoms with Crippen molar-refractivity contribution in [2.24, 2.45) is 0 Å². The molecule has 2 heterocycles. The topological polar surface area (TPSA) is 52.6 Å². The van der Waals surface area contributed by atoms with Crippen molar-refractivity contribution in [1.29, 1.82) is 0 Å². The van der Waals surface area contributed by atoms with Gasteiger partial charge >= 0.3 is 6.18 Å². The van der Waals surface area contributed by atoms with Crippen molar-refractivity contribution < 1.29 is 23.1 Å². The monoisotopic (exact) mass is 342 g/mol. The molecule has 132 valence electrons. The number of rotatable bonds is 2. The minimum absolute atomic E-state index is 0.0258. The number of likely N-dealkylation sites (tertiary alicyclic amines) is 1. The predicted octanol–water partition coefficient (Wildman–Crippen LogP) is 2.13. The van der Waals surface area contributed by atoms with Crippen molar-refractivity contribution in [2.45, 2.75) is 43.5 Å². The summed E-state index contributed by atoms with van der Waals surface area (Å²) in [5, 5.41) is 12.8. The summed E-state index contributed by atoms with van der Waals surface area (Å²) in [5.41, 5.74) is 0.0488. The number of aliphatic hydroxyl groups excluding tert-OH is 1. The van der Waals surface area contributed by atoms with E-state index in [-0.39, 0.29) is 11.8 Å². The van der Waals surface area contributed by atoms with Crippen molar-refractivity contribution in [3.8, 4) is 0 Å². The summed E-state index contributed by atoms with van der Waals surface area (Å²) in [6.07, 6.45) is -3.15. The fourth-order valence-corrected chi connectivity index (χ4v) is 3.54. The second-order valence-corrected chi connectivity index (χ2v) is 6.51. The zero-order chi connectivity index (χ0) is 17.3. The van der Waals surface area contributed by atoms with Gasteiger partial charge in [-0.1, -0.05) is 18.2 Å². The number of alkyl halides is 3. The molecular weight excluding hydrogens is 321 g/mol. The Hall–Kier alpha value is -1.60. The minimum Gasteiger partial charge on any atom is -0.391 e. The first kappa shape index (κ1) is 17.2. The van der Waals surface area contributed by atoms with Crippen molar-refractivity contribution in [3.05, 3.63) is 35.4 Å². The summed E-state index contributed by atoms with van der Waals surface area (Å²) < 4.78 is 38.5. The van der Waals surface area contributed by atoms with Crippen LogP contribution in [0.25, 0.3) is 0 Å². The number of carbonyl (C=O) groups excluding carboxylic acids is 1. The molecule has 0 unspecified atom stereocenters. The van der Waals surface area contributed by atoms with Crippen LogP contribution < -0.4 is 5.32 Å². The van der Waals surface area contributed by atoms with Crippen LogP contribution >= 0.6 is 0 Å². The zero-order valence-corrected chi connectivity index (χ0v) is 13.2. The first-order valence-corrected chi connectivity index (χ1v) is 8.23. The van der Waals surface area contributed by atoms with Crippen molar-refractivity contribution in [2.75, 3.05) is 19.6 Å². The highest BCUT2D eigenvalue weighted by Gasteiger charge is 2.36. The molecule has 2 N–H and O–H groups in total. The molecule has 2 saturated heterocycles. The number of piperidine rings is 1. The summed E-state index contributed by atoms with van der Waals surface area (Å²) in [7, 11) is 0. The number of nitrogens with one attached hydrogen (secondary N) is 1. The molecule has 2 fully saturated rings. The van der Waals surface area contributed by atoms with Crippen LogP contribution in [0.5, 0.6) is 0 Å². The Morgan fingerprint density at radius 3 is 2.50 bits per heavy atom. The second kappa shape index (κ2) is 6.72. The summed E-state index contributed by atoms with van der Waals surface area (Å²) >= 11 is 0. The first-order chi connectivity index (χ1) is 11.4. The third-order valence-electron chi connectivity index (χ3n) is 4.95. The van der Waals surface area contributed by atoms with E-state index in [1.165, 1.54) is 12.1 Å². The highest BCUT2D eigenvalue weighted by Crippen LogP contribution is 2.34. The summed E-state index contributed by atoms with van der Waals surface area (Å²) in [5.74, 6) is -0.0831. The van der Waals surface area contributed by atoms with Crippen LogP contribution in [0.15, 0.2) is 24.3 Å². The van der Waals surface area contributed by atoms with Gasteiger partial charge in [0.05, 0.1) is 11.7 Å². The van der Waals surface area contributed by atoms with Gasteiger partial charge in [0.25, 0.3) is 0 Å². The number of hydrogen-bond acceptors (Lipinski definition) is 3. The van der Waals surface area contributed by atoms with E-state index < -0.39 is 23.9 Å². The van der Waals surface area contributed by atoms with Gasteiger partial charge < -0.3 is 15.3 Å². The van der Waals surface area contributed by atoms with Gasteiger partial charge in [0, 0.05) is 13.1 Å². The van der Waals surface area contributed by atoms with Crippen LogP contribution in [0.2, 0.25) is 0 Å². The van der Waals surface area contributed by atoms with E-state index in [1.54, 1.807) is 11.0 Å². The lowest BCUT2D eigenvalue weighted by atomic mass is 9.88. The molecule has 2 aliphatic rings. The van der Waals surface area contributed by atoms with E-state index in [9.17, 15) is 23.1 Å². The number of nitrogens with zero attached hydrogens (tertiary/aromatic N) is 1. The molecule has 0 spiro atoms. The average molecular weight is 342 g/mol. The van der Waals surface area contributed by atoms with Gasteiger partial charge in [-0.15, -0.1) is 0 Å². The maximum absolute atomic E-state index is 12.8. The van der Waals surface area contributed by atoms with E-state index in [1.807, 2.05) is 0 Å². The van der Waals surface area contributed by atoms with E-state index in [0.717, 1.165) is 6.07 Å². The Morgan fingerprint density at radius 2 is 1.92 bits per heavy atom. The Bertz CT molecular complexity index is 598. The molecule has 0 radical (unpaired) electrons. The van der Waals surface area contributed by atoms with Crippen molar-refractivity contribution in [1.82, 2.24) is 10.2 Å². The number of halogens is 3. The van der Waals surface area contributed by atoms with Crippen LogP contribution in [0.4, 0.5) is 13.2 Å². The van der Waals surface area contributed by atoms with Crippen LogP contribution in [-0.4, -0.2) is 47.7 Å². The minimum atomic E-state index is -4.34. The third kappa shape index (κ3) is 3.57. The Kier molecular flexibility index (Phi) is 4.83. The van der Waals surface area contributed by atoms with Gasteiger partial charge in [-0.2, -0.15) is 13.2 Å². The predicted molar refractivity (Wildman–Crippen MR) is 82.4 cm³/mol. The molecule has 0 aliphatic carbocycles. The molecular formula is C17H21F3N2O2. The van der Waals surface area contributed by atoms with Gasteiger partial charge in [-0.25, -0.2) is 0 Å². The number of hydrogen-bond donors (Lipinski definition) is 2. The van der Waals surface area contributed by atoms with Gasteiger partial charge in [0.1, 0.15) is 6.04 Å². The summed E-state index contributed by atoms with van der Waals surface area (Å²) in [6, 6.07) is 4.91. The highest BCUT2D eigenvalue weighted by molar-refractivity contribution is 5.83. The van der Waals surface area contributed by atoms with E-state index >= 15 is 0 Å². The first-order valence-electron chi connectivity index (χ1n) is 8.23. The number of benzene rings is 1. The van der Waals surface area contributed by atoms with Crippen LogP contribution in [0.1, 0.15) is 36.3 Å². The zero-order valence-electron chi connectivity index (χ0n) is 13.2. The fraction of sp³-hybridized carbons (Fsp3) is 0.588. The van der Waals surface area contributed by atoms with E-state index in [0.29, 0.717) is 44.5 Å². The third-order valence-corrected chi connectivity index (χ3v) is 4.95. The lowest BCUT2D eigenvalue weighted by molar-refractivity contribution is -0.137. The largest absolute Gasteiger partial charge is 0.416 e. The van der Waals surface area contributed by atoms with Crippen LogP contribution in [-0.2, 0) is 11.0 Å². The average Bonchev–Trinajstić information content (AvgIpc) is 3.00. The lowest BCUT2D eigenvalue weighted by Crippen LogP contribution is -2.50. The molecule has 1 aromatic rings. The number of carbonyl (C=O) groups is 1. The lowest BCUT2D eigenvalue weighted by Gasteiger charge is -2.34. The Morgan fingerprint density at radius 1 is 1.21 bits per heavy atom. The standard InChI is InChI=1S/C17H21F3N2O2/c18-17(19,20)13-3-1-2-12(10-13)11-5-8-22(9-6-11)16(24)15-14(23)4-7-21-15/h1-3,10-11,14-15,21,23H,4-9H2/t14-,15+/m1/s1.